The Balaban J connectivity index is 1.88. The van der Waals surface area contributed by atoms with Crippen molar-refractivity contribution in [3.8, 4) is 0 Å². The van der Waals surface area contributed by atoms with Crippen LogP contribution in [-0.4, -0.2) is 28.2 Å². The quantitative estimate of drug-likeness (QED) is 0.450. The molecule has 3 atom stereocenters. The van der Waals surface area contributed by atoms with Crippen LogP contribution in [0.25, 0.3) is 0 Å². The van der Waals surface area contributed by atoms with Crippen LogP contribution < -0.4 is 0 Å². The molecular weight excluding hydrogens is 328 g/mol. The Morgan fingerprint density at radius 1 is 1.20 bits per heavy atom. The minimum absolute atomic E-state index is 0.0431. The molecule has 0 aliphatic heterocycles. The van der Waals surface area contributed by atoms with E-state index in [0.29, 0.717) is 6.42 Å². The van der Waals surface area contributed by atoms with E-state index in [0.717, 1.165) is 17.7 Å². The van der Waals surface area contributed by atoms with Gasteiger partial charge in [-0.3, -0.25) is 0 Å². The summed E-state index contributed by atoms with van der Waals surface area (Å²) >= 11 is 1.90. The second kappa shape index (κ2) is 10.8. The number of benzene rings is 1. The Labute approximate surface area is 157 Å². The van der Waals surface area contributed by atoms with E-state index >= 15 is 0 Å². The van der Waals surface area contributed by atoms with Gasteiger partial charge in [-0.05, 0) is 36.0 Å². The maximum atomic E-state index is 10.4. The Hall–Kier alpha value is -1.03. The van der Waals surface area contributed by atoms with E-state index in [2.05, 4.69) is 13.8 Å². The Kier molecular flexibility index (Phi) is 8.80. The van der Waals surface area contributed by atoms with Crippen molar-refractivity contribution >= 4 is 11.8 Å². The lowest BCUT2D eigenvalue weighted by Crippen LogP contribution is -2.15. The molecule has 1 aromatic rings. The van der Waals surface area contributed by atoms with Crippen molar-refractivity contribution in [1.82, 2.24) is 0 Å². The zero-order chi connectivity index (χ0) is 18.1. The van der Waals surface area contributed by atoms with Crippen LogP contribution in [0, 0.1) is 5.92 Å². The fourth-order valence-electron chi connectivity index (χ4n) is 3.32. The molecule has 1 unspecified atom stereocenters. The van der Waals surface area contributed by atoms with Crippen LogP contribution in [-0.2, 0) is 6.42 Å². The van der Waals surface area contributed by atoms with Crippen LogP contribution in [0.5, 0.6) is 0 Å². The summed E-state index contributed by atoms with van der Waals surface area (Å²) in [7, 11) is 0. The first-order valence-corrected chi connectivity index (χ1v) is 10.5. The summed E-state index contributed by atoms with van der Waals surface area (Å²) < 4.78 is 0. The third kappa shape index (κ3) is 6.65. The molecule has 2 rings (SSSR count). The first-order valence-electron chi connectivity index (χ1n) is 9.52. The maximum absolute atomic E-state index is 10.4. The van der Waals surface area contributed by atoms with Crippen molar-refractivity contribution in [2.24, 2.45) is 5.92 Å². The summed E-state index contributed by atoms with van der Waals surface area (Å²) in [5.41, 5.74) is 2.43. The van der Waals surface area contributed by atoms with Crippen LogP contribution in [0.3, 0.4) is 0 Å². The molecule has 0 heterocycles. The average Bonchev–Trinajstić information content (AvgIpc) is 2.87. The van der Waals surface area contributed by atoms with Gasteiger partial charge in [-0.15, -0.1) is 11.8 Å². The highest BCUT2D eigenvalue weighted by molar-refractivity contribution is 8.03. The molecule has 3 heteroatoms. The molecular formula is C22H32O2S. The van der Waals surface area contributed by atoms with E-state index in [1.165, 1.54) is 36.2 Å². The lowest BCUT2D eigenvalue weighted by atomic mass is 10.0. The van der Waals surface area contributed by atoms with E-state index in [1.807, 2.05) is 54.2 Å². The Morgan fingerprint density at radius 3 is 2.68 bits per heavy atom. The van der Waals surface area contributed by atoms with Crippen molar-refractivity contribution in [3.63, 3.8) is 0 Å². The molecule has 1 aliphatic carbocycles. The standard InChI is InChI=1S/C22H32O2S/c1-3-4-5-9-14-25-22-17(2)15-21(24)20(22)13-12-19(23)16-18-10-7-6-8-11-18/h6-8,10-13,19-21,23-24H,3-5,9,14-16H2,1-2H3/b13-12+/t19?,20-,21+/m0/s1. The normalized spacial score (nSPS) is 22.1. The zero-order valence-electron chi connectivity index (χ0n) is 15.5. The molecule has 1 aromatic carbocycles. The van der Waals surface area contributed by atoms with Crippen LogP contribution >= 0.6 is 11.8 Å². The highest BCUT2D eigenvalue weighted by Crippen LogP contribution is 2.40. The fourth-order valence-corrected chi connectivity index (χ4v) is 4.64. The van der Waals surface area contributed by atoms with Crippen molar-refractivity contribution in [2.75, 3.05) is 5.75 Å². The van der Waals surface area contributed by atoms with Gasteiger partial charge in [0.25, 0.3) is 0 Å². The van der Waals surface area contributed by atoms with Crippen LogP contribution in [0.1, 0.15) is 51.5 Å². The van der Waals surface area contributed by atoms with E-state index < -0.39 is 6.10 Å². The van der Waals surface area contributed by atoms with Gasteiger partial charge in [-0.1, -0.05) is 74.2 Å². The maximum Gasteiger partial charge on any atom is 0.0761 e. The highest BCUT2D eigenvalue weighted by atomic mass is 32.2. The van der Waals surface area contributed by atoms with Gasteiger partial charge < -0.3 is 10.2 Å². The zero-order valence-corrected chi connectivity index (χ0v) is 16.3. The van der Waals surface area contributed by atoms with Crippen LogP contribution in [0.15, 0.2) is 53.0 Å². The van der Waals surface area contributed by atoms with Crippen molar-refractivity contribution < 1.29 is 10.2 Å². The third-order valence-electron chi connectivity index (χ3n) is 4.74. The first kappa shape index (κ1) is 20.3. The topological polar surface area (TPSA) is 40.5 Å². The number of hydrogen-bond donors (Lipinski definition) is 2. The average molecular weight is 361 g/mol. The molecule has 0 spiro atoms. The summed E-state index contributed by atoms with van der Waals surface area (Å²) in [6.45, 7) is 4.36. The monoisotopic (exact) mass is 360 g/mol. The fraction of sp³-hybridized carbons (Fsp3) is 0.545. The van der Waals surface area contributed by atoms with Gasteiger partial charge in [0.05, 0.1) is 12.2 Å². The number of thioether (sulfide) groups is 1. The van der Waals surface area contributed by atoms with Gasteiger partial charge in [0.15, 0.2) is 0 Å². The van der Waals surface area contributed by atoms with Crippen molar-refractivity contribution in [2.45, 2.75) is 64.6 Å². The third-order valence-corrected chi connectivity index (χ3v) is 6.16. The molecule has 2 N–H and O–H groups in total. The molecule has 0 fully saturated rings. The number of aliphatic hydroxyl groups excluding tert-OH is 2. The molecule has 0 radical (unpaired) electrons. The predicted octanol–water partition coefficient (Wildman–Crippen LogP) is 5.11. The Morgan fingerprint density at radius 2 is 1.96 bits per heavy atom. The highest BCUT2D eigenvalue weighted by Gasteiger charge is 2.30. The van der Waals surface area contributed by atoms with Gasteiger partial charge in [-0.25, -0.2) is 0 Å². The minimum Gasteiger partial charge on any atom is -0.392 e. The summed E-state index contributed by atoms with van der Waals surface area (Å²) in [6.07, 6.45) is 9.47. The molecule has 0 amide bonds. The Bertz CT molecular complexity index is 565. The van der Waals surface area contributed by atoms with Crippen LogP contribution in [0.2, 0.25) is 0 Å². The summed E-state index contributed by atoms with van der Waals surface area (Å²) in [5, 5.41) is 20.7. The first-order chi connectivity index (χ1) is 12.1. The van der Waals surface area contributed by atoms with E-state index in [-0.39, 0.29) is 12.0 Å². The van der Waals surface area contributed by atoms with Crippen LogP contribution in [0.4, 0.5) is 0 Å². The number of unbranched alkanes of at least 4 members (excludes halogenated alkanes) is 3. The van der Waals surface area contributed by atoms with Gasteiger partial charge in [0.2, 0.25) is 0 Å². The minimum atomic E-state index is -0.508. The second-order valence-electron chi connectivity index (χ2n) is 6.99. The molecule has 25 heavy (non-hydrogen) atoms. The smallest absolute Gasteiger partial charge is 0.0761 e. The van der Waals surface area contributed by atoms with E-state index in [9.17, 15) is 10.2 Å². The number of rotatable bonds is 10. The summed E-state index contributed by atoms with van der Waals surface area (Å²) in [6, 6.07) is 10.0. The SMILES string of the molecule is CCCCCCSC1=C(C)C[C@@H](O)[C@@H]1/C=C/C(O)Cc1ccccc1. The second-order valence-corrected chi connectivity index (χ2v) is 8.13. The summed E-state index contributed by atoms with van der Waals surface area (Å²) in [4.78, 5) is 1.31. The van der Waals surface area contributed by atoms with Gasteiger partial charge >= 0.3 is 0 Å². The number of hydrogen-bond acceptors (Lipinski definition) is 3. The predicted molar refractivity (Wildman–Crippen MR) is 109 cm³/mol. The lowest BCUT2D eigenvalue weighted by molar-refractivity contribution is 0.158. The van der Waals surface area contributed by atoms with Gasteiger partial charge in [-0.2, -0.15) is 0 Å². The molecule has 1 aliphatic rings. The molecule has 0 aromatic heterocycles. The summed E-state index contributed by atoms with van der Waals surface area (Å²) in [5.74, 6) is 1.16. The van der Waals surface area contributed by atoms with Crippen molar-refractivity contribution in [3.05, 3.63) is 58.5 Å². The molecule has 0 saturated heterocycles. The molecule has 0 bridgehead atoms. The van der Waals surface area contributed by atoms with E-state index in [1.54, 1.807) is 0 Å². The van der Waals surface area contributed by atoms with Gasteiger partial charge in [0.1, 0.15) is 0 Å². The van der Waals surface area contributed by atoms with E-state index in [4.69, 9.17) is 0 Å². The largest absolute Gasteiger partial charge is 0.392 e. The van der Waals surface area contributed by atoms with Gasteiger partial charge in [0, 0.05) is 12.3 Å². The molecule has 138 valence electrons. The lowest BCUT2D eigenvalue weighted by Gasteiger charge is -2.16. The van der Waals surface area contributed by atoms with Crippen molar-refractivity contribution in [1.29, 1.82) is 0 Å². The molecule has 0 saturated carbocycles. The molecule has 2 nitrogen and oxygen atoms in total. The number of aliphatic hydroxyl groups is 2.